The molecule has 1 aliphatic heterocycles. The summed E-state index contributed by atoms with van der Waals surface area (Å²) in [7, 11) is 3.21. The third-order valence-electron chi connectivity index (χ3n) is 4.67. The number of nitrogens with one attached hydrogen (secondary N) is 2. The van der Waals surface area contributed by atoms with Gasteiger partial charge < -0.3 is 14.8 Å². The standard InChI is InChI=1S/C20H19N3O3/c1-11-4-6-12(7-5-11)17-16-18(21-20(24)19(16)23-22-17)14-9-8-13(25-2)10-15(14)26-3/h4-10,18H,1-3H3,(H,21,24)(H,22,23). The first-order chi connectivity index (χ1) is 12.6. The molecule has 3 aromatic rings. The highest BCUT2D eigenvalue weighted by molar-refractivity contribution is 6.00. The Hall–Kier alpha value is -3.28. The molecule has 0 aliphatic carbocycles. The number of aromatic nitrogens is 2. The Kier molecular flexibility index (Phi) is 3.88. The molecule has 26 heavy (non-hydrogen) atoms. The summed E-state index contributed by atoms with van der Waals surface area (Å²) >= 11 is 0. The predicted molar refractivity (Wildman–Crippen MR) is 97.6 cm³/mol. The van der Waals surface area contributed by atoms with Crippen LogP contribution >= 0.6 is 0 Å². The lowest BCUT2D eigenvalue weighted by Crippen LogP contribution is -2.21. The Balaban J connectivity index is 1.85. The molecule has 2 N–H and O–H groups in total. The molecule has 4 rings (SSSR count). The number of hydrogen-bond acceptors (Lipinski definition) is 4. The van der Waals surface area contributed by atoms with E-state index >= 15 is 0 Å². The van der Waals surface area contributed by atoms with Crippen molar-refractivity contribution in [3.05, 3.63) is 64.8 Å². The molecule has 1 unspecified atom stereocenters. The summed E-state index contributed by atoms with van der Waals surface area (Å²) in [5, 5.41) is 10.3. The summed E-state index contributed by atoms with van der Waals surface area (Å²) in [6, 6.07) is 13.3. The molecule has 0 fully saturated rings. The molecule has 2 aromatic carbocycles. The Labute approximate surface area is 151 Å². The number of nitrogens with zero attached hydrogens (tertiary/aromatic N) is 1. The molecule has 6 nitrogen and oxygen atoms in total. The number of methoxy groups -OCH3 is 2. The molecule has 2 heterocycles. The Morgan fingerprint density at radius 1 is 1.04 bits per heavy atom. The summed E-state index contributed by atoms with van der Waals surface area (Å²) in [5.41, 5.74) is 5.08. The minimum atomic E-state index is -0.339. The minimum Gasteiger partial charge on any atom is -0.497 e. The van der Waals surface area contributed by atoms with Gasteiger partial charge >= 0.3 is 0 Å². The molecule has 0 saturated heterocycles. The lowest BCUT2D eigenvalue weighted by atomic mass is 9.95. The third kappa shape index (κ3) is 2.50. The smallest absolute Gasteiger partial charge is 0.270 e. The number of H-pyrrole nitrogens is 1. The third-order valence-corrected chi connectivity index (χ3v) is 4.67. The SMILES string of the molecule is COc1ccc(C2NC(=O)c3[nH]nc(-c4ccc(C)cc4)c32)c(OC)c1. The fourth-order valence-corrected chi connectivity index (χ4v) is 3.30. The zero-order valence-electron chi connectivity index (χ0n) is 14.8. The van der Waals surface area contributed by atoms with Gasteiger partial charge in [0.05, 0.1) is 26.0 Å². The van der Waals surface area contributed by atoms with E-state index in [1.807, 2.05) is 49.4 Å². The van der Waals surface area contributed by atoms with Crippen LogP contribution in [0.15, 0.2) is 42.5 Å². The monoisotopic (exact) mass is 349 g/mol. The summed E-state index contributed by atoms with van der Waals surface area (Å²) < 4.78 is 10.8. The number of aryl methyl sites for hydroxylation is 1. The number of benzene rings is 2. The molecule has 1 aliphatic rings. The summed E-state index contributed by atoms with van der Waals surface area (Å²) in [6.07, 6.45) is 0. The van der Waals surface area contributed by atoms with Gasteiger partial charge in [0.15, 0.2) is 0 Å². The first kappa shape index (κ1) is 16.2. The van der Waals surface area contributed by atoms with Crippen LogP contribution in [0.5, 0.6) is 11.5 Å². The number of ether oxygens (including phenoxy) is 2. The van der Waals surface area contributed by atoms with Gasteiger partial charge in [0, 0.05) is 22.8 Å². The lowest BCUT2D eigenvalue weighted by molar-refractivity contribution is 0.0955. The van der Waals surface area contributed by atoms with Crippen LogP contribution in [-0.2, 0) is 0 Å². The van der Waals surface area contributed by atoms with E-state index in [-0.39, 0.29) is 11.9 Å². The van der Waals surface area contributed by atoms with Crippen molar-refractivity contribution < 1.29 is 14.3 Å². The number of amides is 1. The van der Waals surface area contributed by atoms with Crippen LogP contribution < -0.4 is 14.8 Å². The summed E-state index contributed by atoms with van der Waals surface area (Å²) in [4.78, 5) is 12.4. The largest absolute Gasteiger partial charge is 0.497 e. The van der Waals surface area contributed by atoms with Gasteiger partial charge in [0.25, 0.3) is 5.91 Å². The minimum absolute atomic E-state index is 0.172. The quantitative estimate of drug-likeness (QED) is 0.758. The molecule has 0 bridgehead atoms. The van der Waals surface area contributed by atoms with Crippen molar-refractivity contribution in [2.45, 2.75) is 13.0 Å². The molecule has 6 heteroatoms. The Morgan fingerprint density at radius 2 is 1.81 bits per heavy atom. The van der Waals surface area contributed by atoms with Crippen molar-refractivity contribution in [3.63, 3.8) is 0 Å². The molecule has 132 valence electrons. The Bertz CT molecular complexity index is 976. The normalized spacial score (nSPS) is 15.5. The molecule has 0 spiro atoms. The molecule has 1 aromatic heterocycles. The van der Waals surface area contributed by atoms with Crippen LogP contribution in [0.1, 0.15) is 33.2 Å². The van der Waals surface area contributed by atoms with E-state index < -0.39 is 0 Å². The number of fused-ring (bicyclic) bond motifs is 1. The van der Waals surface area contributed by atoms with Crippen molar-refractivity contribution in [3.8, 4) is 22.8 Å². The molecule has 0 radical (unpaired) electrons. The van der Waals surface area contributed by atoms with Crippen LogP contribution in [-0.4, -0.2) is 30.3 Å². The molecule has 1 amide bonds. The second-order valence-corrected chi connectivity index (χ2v) is 6.24. The fourth-order valence-electron chi connectivity index (χ4n) is 3.30. The maximum atomic E-state index is 12.4. The summed E-state index contributed by atoms with van der Waals surface area (Å²) in [5.74, 6) is 1.17. The lowest BCUT2D eigenvalue weighted by Gasteiger charge is -2.17. The van der Waals surface area contributed by atoms with Gasteiger partial charge in [-0.1, -0.05) is 29.8 Å². The topological polar surface area (TPSA) is 76.2 Å². The number of rotatable bonds is 4. The van der Waals surface area contributed by atoms with Gasteiger partial charge in [-0.3, -0.25) is 9.89 Å². The van der Waals surface area contributed by atoms with Gasteiger partial charge in [0.2, 0.25) is 0 Å². The van der Waals surface area contributed by atoms with Crippen molar-refractivity contribution in [2.24, 2.45) is 0 Å². The van der Waals surface area contributed by atoms with Crippen molar-refractivity contribution in [1.29, 1.82) is 0 Å². The number of aromatic amines is 1. The van der Waals surface area contributed by atoms with Gasteiger partial charge in [-0.15, -0.1) is 0 Å². The average molecular weight is 349 g/mol. The number of carbonyl (C=O) groups is 1. The van der Waals surface area contributed by atoms with E-state index in [4.69, 9.17) is 9.47 Å². The van der Waals surface area contributed by atoms with Crippen LogP contribution in [0.2, 0.25) is 0 Å². The maximum Gasteiger partial charge on any atom is 0.270 e. The second-order valence-electron chi connectivity index (χ2n) is 6.24. The first-order valence-electron chi connectivity index (χ1n) is 8.30. The van der Waals surface area contributed by atoms with Crippen LogP contribution in [0.25, 0.3) is 11.3 Å². The Morgan fingerprint density at radius 3 is 2.50 bits per heavy atom. The van der Waals surface area contributed by atoms with E-state index in [0.717, 1.165) is 22.4 Å². The second kappa shape index (κ2) is 6.22. The van der Waals surface area contributed by atoms with E-state index in [0.29, 0.717) is 17.2 Å². The van der Waals surface area contributed by atoms with Gasteiger partial charge in [-0.2, -0.15) is 5.10 Å². The molecular formula is C20H19N3O3. The van der Waals surface area contributed by atoms with E-state index in [1.165, 1.54) is 5.56 Å². The van der Waals surface area contributed by atoms with Crippen molar-refractivity contribution >= 4 is 5.91 Å². The molecule has 0 saturated carbocycles. The predicted octanol–water partition coefficient (Wildman–Crippen LogP) is 3.24. The molecule has 1 atom stereocenters. The van der Waals surface area contributed by atoms with Gasteiger partial charge in [0.1, 0.15) is 17.2 Å². The van der Waals surface area contributed by atoms with Gasteiger partial charge in [-0.25, -0.2) is 0 Å². The zero-order chi connectivity index (χ0) is 18.3. The molecular weight excluding hydrogens is 330 g/mol. The average Bonchev–Trinajstić information content (AvgIpc) is 3.23. The van der Waals surface area contributed by atoms with E-state index in [9.17, 15) is 4.79 Å². The highest BCUT2D eigenvalue weighted by Gasteiger charge is 2.36. The zero-order valence-corrected chi connectivity index (χ0v) is 14.8. The van der Waals surface area contributed by atoms with Crippen LogP contribution in [0.3, 0.4) is 0 Å². The van der Waals surface area contributed by atoms with Crippen molar-refractivity contribution in [2.75, 3.05) is 14.2 Å². The highest BCUT2D eigenvalue weighted by Crippen LogP contribution is 2.41. The number of hydrogen-bond donors (Lipinski definition) is 2. The van der Waals surface area contributed by atoms with Crippen LogP contribution in [0, 0.1) is 6.92 Å². The van der Waals surface area contributed by atoms with E-state index in [2.05, 4.69) is 15.5 Å². The van der Waals surface area contributed by atoms with Crippen molar-refractivity contribution in [1.82, 2.24) is 15.5 Å². The number of carbonyl (C=O) groups excluding carboxylic acids is 1. The van der Waals surface area contributed by atoms with Crippen LogP contribution in [0.4, 0.5) is 0 Å². The highest BCUT2D eigenvalue weighted by atomic mass is 16.5. The maximum absolute atomic E-state index is 12.4. The fraction of sp³-hybridized carbons (Fsp3) is 0.200. The first-order valence-corrected chi connectivity index (χ1v) is 8.30. The van der Waals surface area contributed by atoms with Gasteiger partial charge in [-0.05, 0) is 19.1 Å². The summed E-state index contributed by atoms with van der Waals surface area (Å²) in [6.45, 7) is 2.04. The van der Waals surface area contributed by atoms with E-state index in [1.54, 1.807) is 14.2 Å².